The Balaban J connectivity index is 1.35. The molecule has 0 radical (unpaired) electrons. The zero-order valence-electron chi connectivity index (χ0n) is 16.4. The Morgan fingerprint density at radius 1 is 1.14 bits per heavy atom. The third kappa shape index (κ3) is 4.71. The van der Waals surface area contributed by atoms with Gasteiger partial charge in [0.25, 0.3) is 0 Å². The van der Waals surface area contributed by atoms with Crippen LogP contribution in [0.25, 0.3) is 5.57 Å². The van der Waals surface area contributed by atoms with Crippen LogP contribution in [0.4, 0.5) is 0 Å². The van der Waals surface area contributed by atoms with Gasteiger partial charge in [-0.15, -0.1) is 10.2 Å². The van der Waals surface area contributed by atoms with Crippen molar-refractivity contribution in [1.82, 2.24) is 19.7 Å². The van der Waals surface area contributed by atoms with Crippen LogP contribution in [0.5, 0.6) is 0 Å². The van der Waals surface area contributed by atoms with Gasteiger partial charge in [0.05, 0.1) is 0 Å². The number of hydrogen-bond acceptors (Lipinski definition) is 4. The van der Waals surface area contributed by atoms with Crippen LogP contribution in [0.2, 0.25) is 0 Å². The predicted octanol–water partition coefficient (Wildman–Crippen LogP) is 5.47. The largest absolute Gasteiger partial charge is 0.311 e. The number of fused-ring (bicyclic) bond motifs is 1. The number of hydrogen-bond donors (Lipinski definition) is 1. The van der Waals surface area contributed by atoms with Gasteiger partial charge in [-0.25, -0.2) is 0 Å². The third-order valence-electron chi connectivity index (χ3n) is 6.13. The summed E-state index contributed by atoms with van der Waals surface area (Å²) in [5, 5.41) is 11.0. The molecule has 3 aliphatic rings. The smallest absolute Gasteiger partial charge is 0.163 e. The van der Waals surface area contributed by atoms with E-state index in [9.17, 15) is 0 Å². The first kappa shape index (κ1) is 20.2. The average Bonchev–Trinajstić information content (AvgIpc) is 3.04. The highest BCUT2D eigenvalue weighted by Gasteiger charge is 2.27. The van der Waals surface area contributed by atoms with Crippen molar-refractivity contribution in [3.05, 3.63) is 51.4 Å². The number of halogens is 1. The van der Waals surface area contributed by atoms with Gasteiger partial charge in [0.1, 0.15) is 5.82 Å². The zero-order chi connectivity index (χ0) is 19.3. The molecule has 0 atom stereocenters. The van der Waals surface area contributed by atoms with Crippen LogP contribution in [0.3, 0.4) is 0 Å². The number of allylic oxidation sites excluding steroid dienone is 6. The molecule has 0 saturated carbocycles. The fourth-order valence-corrected chi connectivity index (χ4v) is 4.94. The highest BCUT2D eigenvalue weighted by atomic mass is 79.9. The molecule has 0 spiro atoms. The van der Waals surface area contributed by atoms with E-state index >= 15 is 0 Å². The Labute approximate surface area is 182 Å². The molecule has 150 valence electrons. The number of aromatic nitrogens is 3. The Kier molecular flexibility index (Phi) is 6.91. The van der Waals surface area contributed by atoms with Crippen molar-refractivity contribution in [2.24, 2.45) is 0 Å². The molecule has 1 aliphatic carbocycles. The molecular formula is C22H29BrN4S. The quantitative estimate of drug-likeness (QED) is 0.591. The first-order chi connectivity index (χ1) is 13.7. The average molecular weight is 461 g/mol. The summed E-state index contributed by atoms with van der Waals surface area (Å²) in [5.41, 5.74) is 2.75. The molecule has 28 heavy (non-hydrogen) atoms. The number of rotatable bonds is 5. The summed E-state index contributed by atoms with van der Waals surface area (Å²) >= 11 is 7.84. The Morgan fingerprint density at radius 2 is 2.00 bits per heavy atom. The molecular weight excluding hydrogens is 432 g/mol. The van der Waals surface area contributed by atoms with E-state index in [-0.39, 0.29) is 0 Å². The topological polar surface area (TPSA) is 34.0 Å². The lowest BCUT2D eigenvalue weighted by Crippen LogP contribution is -2.34. The second-order valence-electron chi connectivity index (χ2n) is 7.96. The van der Waals surface area contributed by atoms with Gasteiger partial charge in [-0.1, -0.05) is 39.7 Å². The van der Waals surface area contributed by atoms with Crippen molar-refractivity contribution >= 4 is 34.1 Å². The molecule has 0 bridgehead atoms. The number of thiol groups is 1. The lowest BCUT2D eigenvalue weighted by Gasteiger charge is -2.32. The molecule has 6 heteroatoms. The third-order valence-corrected chi connectivity index (χ3v) is 6.94. The van der Waals surface area contributed by atoms with Crippen molar-refractivity contribution in [2.45, 2.75) is 57.4 Å². The minimum absolute atomic E-state index is 0.532. The van der Waals surface area contributed by atoms with Gasteiger partial charge in [-0.2, -0.15) is 12.6 Å². The van der Waals surface area contributed by atoms with Crippen molar-refractivity contribution in [3.63, 3.8) is 0 Å². The zero-order valence-corrected chi connectivity index (χ0v) is 18.8. The van der Waals surface area contributed by atoms with Crippen LogP contribution in [-0.2, 0) is 6.54 Å². The molecule has 3 heterocycles. The summed E-state index contributed by atoms with van der Waals surface area (Å²) in [4.78, 5) is 2.62. The van der Waals surface area contributed by atoms with Crippen molar-refractivity contribution in [2.75, 3.05) is 19.6 Å². The van der Waals surface area contributed by atoms with E-state index in [4.69, 9.17) is 0 Å². The summed E-state index contributed by atoms with van der Waals surface area (Å²) in [6.45, 7) is 4.54. The van der Waals surface area contributed by atoms with Gasteiger partial charge in [0.15, 0.2) is 5.82 Å². The molecule has 4 rings (SSSR count). The maximum absolute atomic E-state index is 4.62. The first-order valence-corrected chi connectivity index (χ1v) is 11.8. The van der Waals surface area contributed by atoms with Crippen LogP contribution < -0.4 is 0 Å². The van der Waals surface area contributed by atoms with Crippen LogP contribution in [0.15, 0.2) is 39.8 Å². The van der Waals surface area contributed by atoms with Gasteiger partial charge in [-0.3, -0.25) is 0 Å². The molecule has 1 aromatic heterocycles. The van der Waals surface area contributed by atoms with Gasteiger partial charge < -0.3 is 9.47 Å². The lowest BCUT2D eigenvalue weighted by molar-refractivity contribution is 0.209. The van der Waals surface area contributed by atoms with E-state index in [1.165, 1.54) is 55.6 Å². The molecule has 1 saturated heterocycles. The van der Waals surface area contributed by atoms with Crippen LogP contribution in [0, 0.1) is 0 Å². The highest BCUT2D eigenvalue weighted by Crippen LogP contribution is 2.31. The summed E-state index contributed by atoms with van der Waals surface area (Å²) in [6.07, 6.45) is 17.0. The fraction of sp³-hybridized carbons (Fsp3) is 0.545. The Hall–Kier alpha value is -1.11. The molecule has 1 fully saturated rings. The van der Waals surface area contributed by atoms with Gasteiger partial charge in [0, 0.05) is 24.6 Å². The molecule has 0 aromatic carbocycles. The van der Waals surface area contributed by atoms with Gasteiger partial charge in [-0.05, 0) is 74.0 Å². The van der Waals surface area contributed by atoms with E-state index in [0.717, 1.165) is 37.2 Å². The Bertz CT molecular complexity index is 813. The molecule has 0 N–H and O–H groups in total. The lowest BCUT2D eigenvalue weighted by atomic mass is 9.95. The number of piperidine rings is 1. The van der Waals surface area contributed by atoms with E-state index in [2.05, 4.69) is 66.5 Å². The standard InChI is InChI=1S/C22H29BrN4S/c23-20-6-4-17(5-7-20)8-13-26-14-9-19(10-15-26)22-25-24-21-18(11-16-28)3-1-2-12-27(21)22/h3-4,6,11,16,19,28H,1-2,5,7-10,12-15H2/b16-11-. The fourth-order valence-electron chi connectivity index (χ4n) is 4.45. The first-order valence-electron chi connectivity index (χ1n) is 10.5. The van der Waals surface area contributed by atoms with Crippen molar-refractivity contribution in [3.8, 4) is 0 Å². The minimum atomic E-state index is 0.532. The normalized spacial score (nSPS) is 21.9. The van der Waals surface area contributed by atoms with Crippen molar-refractivity contribution in [1.29, 1.82) is 0 Å². The summed E-state index contributed by atoms with van der Waals surface area (Å²) in [7, 11) is 0. The Morgan fingerprint density at radius 3 is 2.75 bits per heavy atom. The highest BCUT2D eigenvalue weighted by molar-refractivity contribution is 9.11. The van der Waals surface area contributed by atoms with Crippen LogP contribution in [-0.4, -0.2) is 39.3 Å². The van der Waals surface area contributed by atoms with E-state index in [0.29, 0.717) is 5.92 Å². The van der Waals surface area contributed by atoms with Crippen molar-refractivity contribution < 1.29 is 0 Å². The maximum Gasteiger partial charge on any atom is 0.163 e. The second-order valence-corrected chi connectivity index (χ2v) is 9.27. The predicted molar refractivity (Wildman–Crippen MR) is 123 cm³/mol. The second kappa shape index (κ2) is 9.59. The van der Waals surface area contributed by atoms with Gasteiger partial charge >= 0.3 is 0 Å². The maximum atomic E-state index is 4.62. The summed E-state index contributed by atoms with van der Waals surface area (Å²) < 4.78 is 3.69. The van der Waals surface area contributed by atoms with Crippen LogP contribution >= 0.6 is 28.6 Å². The minimum Gasteiger partial charge on any atom is -0.311 e. The van der Waals surface area contributed by atoms with Gasteiger partial charge in [0.2, 0.25) is 0 Å². The monoisotopic (exact) mass is 460 g/mol. The molecule has 2 aliphatic heterocycles. The van der Waals surface area contributed by atoms with E-state index in [1.807, 2.05) is 6.08 Å². The summed E-state index contributed by atoms with van der Waals surface area (Å²) in [5.74, 6) is 2.74. The molecule has 4 nitrogen and oxygen atoms in total. The summed E-state index contributed by atoms with van der Waals surface area (Å²) in [6, 6.07) is 0. The molecule has 0 amide bonds. The molecule has 1 aromatic rings. The number of likely N-dealkylation sites (tertiary alicyclic amines) is 1. The number of nitrogens with zero attached hydrogens (tertiary/aromatic N) is 4. The van der Waals surface area contributed by atoms with E-state index < -0.39 is 0 Å². The molecule has 0 unspecified atom stereocenters. The van der Waals surface area contributed by atoms with Crippen LogP contribution in [0.1, 0.15) is 62.5 Å². The van der Waals surface area contributed by atoms with E-state index in [1.54, 1.807) is 11.0 Å². The SMILES string of the molecule is S/C=C\C1=CCCCn2c1nnc2C1CCN(CCC2=CC=C(Br)CC2)CC1.